The van der Waals surface area contributed by atoms with Gasteiger partial charge in [0.25, 0.3) is 0 Å². The lowest BCUT2D eigenvalue weighted by molar-refractivity contribution is 0.339. The fourth-order valence-electron chi connectivity index (χ4n) is 1.51. The monoisotopic (exact) mass is 282 g/mol. The molecular weight excluding hydrogens is 264 g/mol. The second-order valence-corrected chi connectivity index (χ2v) is 6.74. The van der Waals surface area contributed by atoms with E-state index in [-0.39, 0.29) is 10.5 Å². The molecule has 0 bridgehead atoms. The van der Waals surface area contributed by atoms with E-state index in [2.05, 4.69) is 4.72 Å². The van der Waals surface area contributed by atoms with E-state index in [1.165, 1.54) is 18.2 Å². The third kappa shape index (κ3) is 4.23. The molecule has 0 aromatic heterocycles. The quantitative estimate of drug-likeness (QED) is 0.916. The summed E-state index contributed by atoms with van der Waals surface area (Å²) in [6.45, 7) is 7.48. The Hall–Kier alpha value is -1.58. The van der Waals surface area contributed by atoms with Crippen LogP contribution >= 0.6 is 0 Å². The van der Waals surface area contributed by atoms with Gasteiger partial charge in [-0.1, -0.05) is 0 Å². The molecule has 1 aromatic rings. The van der Waals surface area contributed by atoms with Crippen molar-refractivity contribution in [1.82, 2.24) is 4.72 Å². The molecule has 0 saturated carbocycles. The van der Waals surface area contributed by atoms with E-state index in [4.69, 9.17) is 10.00 Å². The predicted octanol–water partition coefficient (Wildman–Crippen LogP) is 2.03. The Labute approximate surface area is 114 Å². The molecule has 0 fully saturated rings. The van der Waals surface area contributed by atoms with Gasteiger partial charge in [-0.05, 0) is 45.9 Å². The highest BCUT2D eigenvalue weighted by Gasteiger charge is 2.22. The summed E-state index contributed by atoms with van der Waals surface area (Å²) in [7, 11) is -3.64. The molecule has 6 heteroatoms. The largest absolute Gasteiger partial charge is 0.492 e. The van der Waals surface area contributed by atoms with Gasteiger partial charge in [0, 0.05) is 5.54 Å². The Balaban J connectivity index is 3.20. The van der Waals surface area contributed by atoms with Crippen molar-refractivity contribution in [2.45, 2.75) is 38.1 Å². The predicted molar refractivity (Wildman–Crippen MR) is 72.4 cm³/mol. The molecule has 0 spiro atoms. The fraction of sp³-hybridized carbons (Fsp3) is 0.462. The van der Waals surface area contributed by atoms with Crippen molar-refractivity contribution in [2.75, 3.05) is 6.61 Å². The number of nitriles is 1. The molecule has 19 heavy (non-hydrogen) atoms. The summed E-state index contributed by atoms with van der Waals surface area (Å²) >= 11 is 0. The first-order valence-electron chi connectivity index (χ1n) is 5.90. The van der Waals surface area contributed by atoms with Crippen LogP contribution in [0.1, 0.15) is 33.3 Å². The smallest absolute Gasteiger partial charge is 0.241 e. The van der Waals surface area contributed by atoms with E-state index in [1.54, 1.807) is 27.7 Å². The van der Waals surface area contributed by atoms with Gasteiger partial charge >= 0.3 is 0 Å². The molecule has 0 atom stereocenters. The number of nitrogens with one attached hydrogen (secondary N) is 1. The Morgan fingerprint density at radius 3 is 2.47 bits per heavy atom. The van der Waals surface area contributed by atoms with Gasteiger partial charge in [-0.3, -0.25) is 0 Å². The van der Waals surface area contributed by atoms with Crippen LogP contribution in [0.25, 0.3) is 0 Å². The van der Waals surface area contributed by atoms with Crippen LogP contribution in [-0.4, -0.2) is 20.6 Å². The minimum Gasteiger partial charge on any atom is -0.492 e. The van der Waals surface area contributed by atoms with Crippen molar-refractivity contribution in [3.05, 3.63) is 23.8 Å². The molecule has 0 radical (unpaired) electrons. The van der Waals surface area contributed by atoms with Crippen LogP contribution in [0.2, 0.25) is 0 Å². The van der Waals surface area contributed by atoms with Crippen molar-refractivity contribution in [2.24, 2.45) is 0 Å². The molecule has 0 unspecified atom stereocenters. The summed E-state index contributed by atoms with van der Waals surface area (Å²) in [5.41, 5.74) is -0.372. The number of ether oxygens (including phenoxy) is 1. The van der Waals surface area contributed by atoms with Crippen LogP contribution in [0.5, 0.6) is 5.75 Å². The summed E-state index contributed by atoms with van der Waals surface area (Å²) in [6.07, 6.45) is 0. The average molecular weight is 282 g/mol. The van der Waals surface area contributed by atoms with Crippen molar-refractivity contribution in [1.29, 1.82) is 5.26 Å². The van der Waals surface area contributed by atoms with Crippen molar-refractivity contribution >= 4 is 10.0 Å². The highest BCUT2D eigenvalue weighted by molar-refractivity contribution is 7.89. The first-order chi connectivity index (χ1) is 8.69. The lowest BCUT2D eigenvalue weighted by atomic mass is 10.1. The van der Waals surface area contributed by atoms with E-state index < -0.39 is 15.6 Å². The minimum atomic E-state index is -3.64. The number of rotatable bonds is 4. The van der Waals surface area contributed by atoms with Gasteiger partial charge in [-0.15, -0.1) is 0 Å². The molecule has 0 aliphatic heterocycles. The SMILES string of the molecule is CCOc1ccc(S(=O)(=O)NC(C)(C)C)cc1C#N. The van der Waals surface area contributed by atoms with Crippen LogP contribution in [-0.2, 0) is 10.0 Å². The number of sulfonamides is 1. The van der Waals surface area contributed by atoms with Gasteiger partial charge < -0.3 is 4.74 Å². The normalized spacial score (nSPS) is 11.9. The summed E-state index contributed by atoms with van der Waals surface area (Å²) in [4.78, 5) is 0.0578. The van der Waals surface area contributed by atoms with Gasteiger partial charge in [0.1, 0.15) is 11.8 Å². The summed E-state index contributed by atoms with van der Waals surface area (Å²) < 4.78 is 32.0. The third-order valence-corrected chi connectivity index (χ3v) is 3.88. The van der Waals surface area contributed by atoms with Crippen molar-refractivity contribution in [3.63, 3.8) is 0 Å². The maximum absolute atomic E-state index is 12.1. The van der Waals surface area contributed by atoms with E-state index in [0.29, 0.717) is 12.4 Å². The van der Waals surface area contributed by atoms with Crippen LogP contribution in [0.15, 0.2) is 23.1 Å². The molecule has 5 nitrogen and oxygen atoms in total. The van der Waals surface area contributed by atoms with E-state index in [0.717, 1.165) is 0 Å². The molecule has 0 amide bonds. The Bertz CT molecular complexity index is 595. The molecule has 1 aromatic carbocycles. The Morgan fingerprint density at radius 2 is 2.00 bits per heavy atom. The van der Waals surface area contributed by atoms with Gasteiger partial charge in [-0.2, -0.15) is 5.26 Å². The highest BCUT2D eigenvalue weighted by atomic mass is 32.2. The number of hydrogen-bond donors (Lipinski definition) is 1. The Kier molecular flexibility index (Phi) is 4.56. The zero-order chi connectivity index (χ0) is 14.7. The van der Waals surface area contributed by atoms with Gasteiger partial charge in [0.15, 0.2) is 0 Å². The van der Waals surface area contributed by atoms with Crippen LogP contribution < -0.4 is 9.46 Å². The van der Waals surface area contributed by atoms with Gasteiger partial charge in [0.05, 0.1) is 17.1 Å². The standard InChI is InChI=1S/C13H18N2O3S/c1-5-18-12-7-6-11(8-10(12)9-14)19(16,17)15-13(2,3)4/h6-8,15H,5H2,1-4H3. The summed E-state index contributed by atoms with van der Waals surface area (Å²) in [5, 5.41) is 9.02. The van der Waals surface area contributed by atoms with E-state index in [9.17, 15) is 8.42 Å². The van der Waals surface area contributed by atoms with E-state index in [1.807, 2.05) is 6.07 Å². The lowest BCUT2D eigenvalue weighted by Gasteiger charge is -2.20. The van der Waals surface area contributed by atoms with E-state index >= 15 is 0 Å². The first kappa shape index (κ1) is 15.5. The molecule has 0 saturated heterocycles. The zero-order valence-corrected chi connectivity index (χ0v) is 12.3. The van der Waals surface area contributed by atoms with Crippen LogP contribution in [0, 0.1) is 11.3 Å². The minimum absolute atomic E-state index is 0.0578. The fourth-order valence-corrected chi connectivity index (χ4v) is 2.95. The number of nitrogens with zero attached hydrogens (tertiary/aromatic N) is 1. The second kappa shape index (κ2) is 5.59. The van der Waals surface area contributed by atoms with Gasteiger partial charge in [-0.25, -0.2) is 13.1 Å². The van der Waals surface area contributed by atoms with Crippen molar-refractivity contribution < 1.29 is 13.2 Å². The summed E-state index contributed by atoms with van der Waals surface area (Å²) in [6, 6.07) is 6.19. The molecule has 104 valence electrons. The second-order valence-electron chi connectivity index (χ2n) is 5.06. The molecule has 0 aliphatic rings. The average Bonchev–Trinajstić information content (AvgIpc) is 2.26. The molecule has 0 aliphatic carbocycles. The highest BCUT2D eigenvalue weighted by Crippen LogP contribution is 2.22. The summed E-state index contributed by atoms with van der Waals surface area (Å²) in [5.74, 6) is 0.389. The number of benzene rings is 1. The molecule has 1 N–H and O–H groups in total. The van der Waals surface area contributed by atoms with Crippen molar-refractivity contribution in [3.8, 4) is 11.8 Å². The lowest BCUT2D eigenvalue weighted by Crippen LogP contribution is -2.40. The van der Waals surface area contributed by atoms with Gasteiger partial charge in [0.2, 0.25) is 10.0 Å². The van der Waals surface area contributed by atoms with Crippen LogP contribution in [0.4, 0.5) is 0 Å². The third-order valence-electron chi connectivity index (χ3n) is 2.12. The zero-order valence-electron chi connectivity index (χ0n) is 11.5. The topological polar surface area (TPSA) is 79.2 Å². The molecule has 1 rings (SSSR count). The van der Waals surface area contributed by atoms with Crippen LogP contribution in [0.3, 0.4) is 0 Å². The maximum atomic E-state index is 12.1. The number of hydrogen-bond acceptors (Lipinski definition) is 4. The first-order valence-corrected chi connectivity index (χ1v) is 7.39. The maximum Gasteiger partial charge on any atom is 0.241 e. The molecule has 0 heterocycles. The Morgan fingerprint density at radius 1 is 1.37 bits per heavy atom. The molecular formula is C13H18N2O3S.